The molecule has 2 rings (SSSR count). The van der Waals surface area contributed by atoms with E-state index in [1.165, 1.54) is 29.2 Å². The van der Waals surface area contributed by atoms with Crippen LogP contribution in [-0.4, -0.2) is 37.9 Å². The number of thioether (sulfide) groups is 1. The van der Waals surface area contributed by atoms with E-state index >= 15 is 0 Å². The molecular weight excluding hydrogens is 246 g/mol. The summed E-state index contributed by atoms with van der Waals surface area (Å²) < 4.78 is 10.5. The van der Waals surface area contributed by atoms with Gasteiger partial charge in [0.25, 0.3) is 0 Å². The van der Waals surface area contributed by atoms with Crippen LogP contribution in [0, 0.1) is 0 Å². The first-order chi connectivity index (χ1) is 8.88. The molecule has 1 aromatic carbocycles. The van der Waals surface area contributed by atoms with Gasteiger partial charge < -0.3 is 14.8 Å². The number of anilines is 1. The number of methoxy groups -OCH3 is 1. The summed E-state index contributed by atoms with van der Waals surface area (Å²) in [6.07, 6.45) is 1.26. The van der Waals surface area contributed by atoms with E-state index in [2.05, 4.69) is 29.6 Å². The summed E-state index contributed by atoms with van der Waals surface area (Å²) in [5.74, 6) is 2.49. The Morgan fingerprint density at radius 1 is 1.39 bits per heavy atom. The van der Waals surface area contributed by atoms with Gasteiger partial charge in [-0.2, -0.15) is 11.8 Å². The zero-order chi connectivity index (χ0) is 12.6. The van der Waals surface area contributed by atoms with Gasteiger partial charge in [-0.1, -0.05) is 12.1 Å². The van der Waals surface area contributed by atoms with Crippen molar-refractivity contribution in [2.24, 2.45) is 0 Å². The van der Waals surface area contributed by atoms with Gasteiger partial charge in [-0.3, -0.25) is 0 Å². The molecule has 0 aromatic heterocycles. The van der Waals surface area contributed by atoms with Crippen LogP contribution in [0.2, 0.25) is 0 Å². The Kier molecular flexibility index (Phi) is 5.84. The normalized spacial score (nSPS) is 19.1. The Morgan fingerprint density at radius 3 is 3.11 bits per heavy atom. The first-order valence-corrected chi connectivity index (χ1v) is 7.54. The minimum atomic E-state index is 0.625. The van der Waals surface area contributed by atoms with Crippen LogP contribution in [0.4, 0.5) is 5.69 Å². The third kappa shape index (κ3) is 4.52. The standard InChI is InChI=1S/C14H21NO2S/c1-16-6-7-17-10-12-3-2-4-13(9-12)15-14-5-8-18-11-14/h2-4,9,14-15H,5-8,10-11H2,1H3. The number of nitrogens with one attached hydrogen (secondary N) is 1. The fourth-order valence-corrected chi connectivity index (χ4v) is 3.12. The summed E-state index contributed by atoms with van der Waals surface area (Å²) in [5, 5.41) is 3.58. The van der Waals surface area contributed by atoms with Crippen molar-refractivity contribution in [1.29, 1.82) is 0 Å². The van der Waals surface area contributed by atoms with Crippen molar-refractivity contribution >= 4 is 17.4 Å². The van der Waals surface area contributed by atoms with Gasteiger partial charge in [0.05, 0.1) is 19.8 Å². The van der Waals surface area contributed by atoms with Gasteiger partial charge in [0.1, 0.15) is 0 Å². The Balaban J connectivity index is 1.80. The molecule has 1 aliphatic heterocycles. The zero-order valence-electron chi connectivity index (χ0n) is 10.9. The van der Waals surface area contributed by atoms with Crippen LogP contribution in [-0.2, 0) is 16.1 Å². The fourth-order valence-electron chi connectivity index (χ4n) is 1.97. The maximum atomic E-state index is 5.53. The van der Waals surface area contributed by atoms with Gasteiger partial charge in [-0.15, -0.1) is 0 Å². The molecule has 1 saturated heterocycles. The highest BCUT2D eigenvalue weighted by Crippen LogP contribution is 2.22. The second-order valence-corrected chi connectivity index (χ2v) is 5.60. The van der Waals surface area contributed by atoms with Crippen molar-refractivity contribution in [3.63, 3.8) is 0 Å². The predicted molar refractivity (Wildman–Crippen MR) is 77.3 cm³/mol. The number of hydrogen-bond acceptors (Lipinski definition) is 4. The lowest BCUT2D eigenvalue weighted by Gasteiger charge is -2.13. The molecule has 4 heteroatoms. The molecule has 1 heterocycles. The van der Waals surface area contributed by atoms with Crippen LogP contribution in [0.25, 0.3) is 0 Å². The van der Waals surface area contributed by atoms with E-state index < -0.39 is 0 Å². The van der Waals surface area contributed by atoms with Gasteiger partial charge in [-0.25, -0.2) is 0 Å². The monoisotopic (exact) mass is 267 g/mol. The highest BCUT2D eigenvalue weighted by atomic mass is 32.2. The number of rotatable bonds is 7. The quantitative estimate of drug-likeness (QED) is 0.770. The average molecular weight is 267 g/mol. The highest BCUT2D eigenvalue weighted by molar-refractivity contribution is 7.99. The van der Waals surface area contributed by atoms with Crippen LogP contribution in [0.15, 0.2) is 24.3 Å². The van der Waals surface area contributed by atoms with Crippen molar-refractivity contribution < 1.29 is 9.47 Å². The van der Waals surface area contributed by atoms with Gasteiger partial charge in [-0.05, 0) is 29.9 Å². The maximum absolute atomic E-state index is 5.53. The molecule has 0 bridgehead atoms. The Morgan fingerprint density at radius 2 is 2.33 bits per heavy atom. The third-order valence-electron chi connectivity index (χ3n) is 2.93. The van der Waals surface area contributed by atoms with Gasteiger partial charge in [0, 0.05) is 24.6 Å². The molecule has 0 amide bonds. The van der Waals surface area contributed by atoms with E-state index in [0.29, 0.717) is 25.9 Å². The van der Waals surface area contributed by atoms with Crippen LogP contribution < -0.4 is 5.32 Å². The molecule has 1 N–H and O–H groups in total. The molecular formula is C14H21NO2S. The second kappa shape index (κ2) is 7.67. The second-order valence-electron chi connectivity index (χ2n) is 4.45. The van der Waals surface area contributed by atoms with Crippen LogP contribution in [0.3, 0.4) is 0 Å². The first-order valence-electron chi connectivity index (χ1n) is 6.38. The smallest absolute Gasteiger partial charge is 0.0718 e. The van der Waals surface area contributed by atoms with Crippen LogP contribution in [0.5, 0.6) is 0 Å². The molecule has 1 fully saturated rings. The lowest BCUT2D eigenvalue weighted by molar-refractivity contribution is 0.0617. The molecule has 0 saturated carbocycles. The largest absolute Gasteiger partial charge is 0.382 e. The summed E-state index contributed by atoms with van der Waals surface area (Å²) in [6.45, 7) is 1.95. The van der Waals surface area contributed by atoms with Crippen molar-refractivity contribution in [3.05, 3.63) is 29.8 Å². The van der Waals surface area contributed by atoms with E-state index in [1.807, 2.05) is 11.8 Å². The topological polar surface area (TPSA) is 30.5 Å². The summed E-state index contributed by atoms with van der Waals surface area (Å²) >= 11 is 2.02. The lowest BCUT2D eigenvalue weighted by Crippen LogP contribution is -2.18. The van der Waals surface area contributed by atoms with Crippen molar-refractivity contribution in [2.75, 3.05) is 37.1 Å². The molecule has 0 spiro atoms. The first kappa shape index (κ1) is 13.7. The zero-order valence-corrected chi connectivity index (χ0v) is 11.7. The minimum Gasteiger partial charge on any atom is -0.382 e. The molecule has 100 valence electrons. The molecule has 1 aromatic rings. The van der Waals surface area contributed by atoms with Gasteiger partial charge in [0.15, 0.2) is 0 Å². The van der Waals surface area contributed by atoms with Crippen molar-refractivity contribution in [3.8, 4) is 0 Å². The van der Waals surface area contributed by atoms with Crippen molar-refractivity contribution in [2.45, 2.75) is 19.1 Å². The Labute approximate surface area is 113 Å². The molecule has 1 aliphatic rings. The van der Waals surface area contributed by atoms with Crippen molar-refractivity contribution in [1.82, 2.24) is 0 Å². The SMILES string of the molecule is COCCOCc1cccc(NC2CCSC2)c1. The fraction of sp³-hybridized carbons (Fsp3) is 0.571. The molecule has 0 aliphatic carbocycles. The average Bonchev–Trinajstić information content (AvgIpc) is 2.88. The van der Waals surface area contributed by atoms with E-state index in [9.17, 15) is 0 Å². The van der Waals surface area contributed by atoms with Gasteiger partial charge in [0.2, 0.25) is 0 Å². The summed E-state index contributed by atoms with van der Waals surface area (Å²) in [4.78, 5) is 0. The van der Waals surface area contributed by atoms with E-state index in [1.54, 1.807) is 7.11 Å². The van der Waals surface area contributed by atoms with Crippen LogP contribution in [0.1, 0.15) is 12.0 Å². The molecule has 3 nitrogen and oxygen atoms in total. The van der Waals surface area contributed by atoms with Crippen LogP contribution >= 0.6 is 11.8 Å². The van der Waals surface area contributed by atoms with E-state index in [-0.39, 0.29) is 0 Å². The summed E-state index contributed by atoms with van der Waals surface area (Å²) in [7, 11) is 1.69. The molecule has 18 heavy (non-hydrogen) atoms. The minimum absolute atomic E-state index is 0.625. The molecule has 1 unspecified atom stereocenters. The van der Waals surface area contributed by atoms with Gasteiger partial charge >= 0.3 is 0 Å². The maximum Gasteiger partial charge on any atom is 0.0718 e. The van der Waals surface area contributed by atoms with E-state index in [4.69, 9.17) is 9.47 Å². The van der Waals surface area contributed by atoms with E-state index in [0.717, 1.165) is 0 Å². The highest BCUT2D eigenvalue weighted by Gasteiger charge is 2.14. The molecule has 0 radical (unpaired) electrons. The number of benzene rings is 1. The predicted octanol–water partition coefficient (Wildman–Crippen LogP) is 2.77. The lowest BCUT2D eigenvalue weighted by atomic mass is 10.2. The summed E-state index contributed by atoms with van der Waals surface area (Å²) in [6, 6.07) is 9.11. The Bertz CT molecular complexity index is 353. The number of ether oxygens (including phenoxy) is 2. The summed E-state index contributed by atoms with van der Waals surface area (Å²) in [5.41, 5.74) is 2.41. The molecule has 1 atom stereocenters. The Hall–Kier alpha value is -0.710. The third-order valence-corrected chi connectivity index (χ3v) is 4.09. The number of hydrogen-bond donors (Lipinski definition) is 1.